The minimum absolute atomic E-state index is 0.373. The molecule has 1 aromatic carbocycles. The molecule has 0 bridgehead atoms. The van der Waals surface area contributed by atoms with Crippen LogP contribution in [-0.2, 0) is 9.53 Å². The fraction of sp³-hybridized carbons (Fsp3) is 0.417. The predicted molar refractivity (Wildman–Crippen MR) is 57.2 cm³/mol. The molecule has 16 heavy (non-hydrogen) atoms. The number of benzene rings is 1. The van der Waals surface area contributed by atoms with Gasteiger partial charge in [-0.05, 0) is 24.1 Å². The van der Waals surface area contributed by atoms with E-state index in [9.17, 15) is 14.3 Å². The summed E-state index contributed by atoms with van der Waals surface area (Å²) in [6.45, 7) is 1.79. The van der Waals surface area contributed by atoms with Crippen LogP contribution in [0, 0.1) is 11.7 Å². The van der Waals surface area contributed by atoms with Gasteiger partial charge in [0.05, 0.1) is 19.1 Å². The van der Waals surface area contributed by atoms with Gasteiger partial charge in [0.2, 0.25) is 0 Å². The number of halogens is 1. The van der Waals surface area contributed by atoms with Crippen LogP contribution in [0.4, 0.5) is 4.39 Å². The number of aliphatic hydroxyl groups excluding tert-OH is 1. The molecule has 0 radical (unpaired) electrons. The second-order valence-electron chi connectivity index (χ2n) is 3.53. The fourth-order valence-corrected chi connectivity index (χ4v) is 1.56. The Balaban J connectivity index is 2.86. The van der Waals surface area contributed by atoms with E-state index in [-0.39, 0.29) is 5.82 Å². The molecular weight excluding hydrogens is 211 g/mol. The van der Waals surface area contributed by atoms with Crippen molar-refractivity contribution in [2.45, 2.75) is 19.4 Å². The predicted octanol–water partition coefficient (Wildman–Crippen LogP) is 2.06. The third-order valence-corrected chi connectivity index (χ3v) is 2.54. The molecule has 0 fully saturated rings. The highest BCUT2D eigenvalue weighted by molar-refractivity contribution is 5.73. The third-order valence-electron chi connectivity index (χ3n) is 2.54. The average molecular weight is 226 g/mol. The summed E-state index contributed by atoms with van der Waals surface area (Å²) in [7, 11) is 1.28. The van der Waals surface area contributed by atoms with Gasteiger partial charge in [-0.15, -0.1) is 0 Å². The van der Waals surface area contributed by atoms with Crippen LogP contribution < -0.4 is 0 Å². The highest BCUT2D eigenvalue weighted by Crippen LogP contribution is 2.25. The normalized spacial score (nSPS) is 14.2. The molecule has 4 heteroatoms. The zero-order chi connectivity index (χ0) is 12.1. The molecule has 88 valence electrons. The molecule has 0 aromatic heterocycles. The van der Waals surface area contributed by atoms with Crippen molar-refractivity contribution in [3.63, 3.8) is 0 Å². The quantitative estimate of drug-likeness (QED) is 0.799. The van der Waals surface area contributed by atoms with Crippen LogP contribution in [-0.4, -0.2) is 18.2 Å². The van der Waals surface area contributed by atoms with E-state index in [1.807, 2.05) is 0 Å². The largest absolute Gasteiger partial charge is 0.469 e. The van der Waals surface area contributed by atoms with Crippen molar-refractivity contribution in [1.29, 1.82) is 0 Å². The van der Waals surface area contributed by atoms with Crippen LogP contribution in [0.15, 0.2) is 24.3 Å². The summed E-state index contributed by atoms with van der Waals surface area (Å²) in [6.07, 6.45) is -0.497. The van der Waals surface area contributed by atoms with Gasteiger partial charge in [0.15, 0.2) is 0 Å². The molecule has 0 spiro atoms. The molecule has 1 aromatic rings. The lowest BCUT2D eigenvalue weighted by Crippen LogP contribution is -2.22. The molecule has 0 saturated carbocycles. The highest BCUT2D eigenvalue weighted by Gasteiger charge is 2.27. The molecule has 1 N–H and O–H groups in total. The molecule has 2 unspecified atom stereocenters. The number of aliphatic hydroxyl groups is 1. The van der Waals surface area contributed by atoms with E-state index in [4.69, 9.17) is 0 Å². The van der Waals surface area contributed by atoms with Crippen LogP contribution >= 0.6 is 0 Å². The zero-order valence-electron chi connectivity index (χ0n) is 9.31. The Hall–Kier alpha value is -1.42. The summed E-state index contributed by atoms with van der Waals surface area (Å²) < 4.78 is 17.3. The number of hydrogen-bond acceptors (Lipinski definition) is 3. The lowest BCUT2D eigenvalue weighted by Gasteiger charge is -2.19. The Morgan fingerprint density at radius 3 is 2.44 bits per heavy atom. The highest BCUT2D eigenvalue weighted by atomic mass is 19.1. The van der Waals surface area contributed by atoms with E-state index in [0.717, 1.165) is 0 Å². The van der Waals surface area contributed by atoms with Crippen molar-refractivity contribution >= 4 is 5.97 Å². The molecule has 0 aliphatic rings. The van der Waals surface area contributed by atoms with Crippen molar-refractivity contribution < 1.29 is 19.0 Å². The molecule has 0 aliphatic heterocycles. The Bertz CT molecular complexity index is 348. The average Bonchev–Trinajstić information content (AvgIpc) is 2.30. The minimum Gasteiger partial charge on any atom is -0.469 e. The number of hydrogen-bond donors (Lipinski definition) is 1. The van der Waals surface area contributed by atoms with Gasteiger partial charge in [-0.1, -0.05) is 19.1 Å². The van der Waals surface area contributed by atoms with Gasteiger partial charge in [0, 0.05) is 0 Å². The number of carbonyl (C=O) groups excluding carboxylic acids is 1. The molecular formula is C12H15FO3. The number of ether oxygens (including phenoxy) is 1. The SMILES string of the molecule is CCC(C(=O)OC)C(O)c1ccc(F)cc1. The maximum Gasteiger partial charge on any atom is 0.311 e. The topological polar surface area (TPSA) is 46.5 Å². The van der Waals surface area contributed by atoms with E-state index < -0.39 is 18.0 Å². The van der Waals surface area contributed by atoms with Gasteiger partial charge < -0.3 is 9.84 Å². The van der Waals surface area contributed by atoms with Crippen LogP contribution in [0.1, 0.15) is 25.0 Å². The monoisotopic (exact) mass is 226 g/mol. The maximum atomic E-state index is 12.7. The fourth-order valence-electron chi connectivity index (χ4n) is 1.56. The lowest BCUT2D eigenvalue weighted by molar-refractivity contribution is -0.149. The van der Waals surface area contributed by atoms with E-state index in [0.29, 0.717) is 12.0 Å². The minimum atomic E-state index is -0.960. The number of carbonyl (C=O) groups is 1. The van der Waals surface area contributed by atoms with Crippen LogP contribution in [0.25, 0.3) is 0 Å². The Morgan fingerprint density at radius 1 is 1.44 bits per heavy atom. The summed E-state index contributed by atoms with van der Waals surface area (Å²) >= 11 is 0. The number of rotatable bonds is 4. The molecule has 0 heterocycles. The van der Waals surface area contributed by atoms with E-state index in [1.54, 1.807) is 6.92 Å². The van der Waals surface area contributed by atoms with Gasteiger partial charge >= 0.3 is 5.97 Å². The molecule has 1 rings (SSSR count). The van der Waals surface area contributed by atoms with Gasteiger partial charge in [-0.2, -0.15) is 0 Å². The van der Waals surface area contributed by atoms with Crippen molar-refractivity contribution in [3.05, 3.63) is 35.6 Å². The molecule has 3 nitrogen and oxygen atoms in total. The summed E-state index contributed by atoms with van der Waals surface area (Å²) in [5.41, 5.74) is 0.513. The third kappa shape index (κ3) is 2.79. The standard InChI is InChI=1S/C12H15FO3/c1-3-10(12(15)16-2)11(14)8-4-6-9(13)7-5-8/h4-7,10-11,14H,3H2,1-2H3. The summed E-state index contributed by atoms with van der Waals surface area (Å²) in [5.74, 6) is -1.45. The van der Waals surface area contributed by atoms with Gasteiger partial charge in [-0.3, -0.25) is 4.79 Å². The second kappa shape index (κ2) is 5.61. The van der Waals surface area contributed by atoms with Crippen LogP contribution in [0.2, 0.25) is 0 Å². The van der Waals surface area contributed by atoms with Gasteiger partial charge in [0.1, 0.15) is 5.82 Å². The Kier molecular flexibility index (Phi) is 4.43. The summed E-state index contributed by atoms with van der Waals surface area (Å²) in [6, 6.07) is 5.43. The first-order chi connectivity index (χ1) is 7.60. The zero-order valence-corrected chi connectivity index (χ0v) is 9.31. The number of methoxy groups -OCH3 is 1. The van der Waals surface area contributed by atoms with E-state index >= 15 is 0 Å². The Labute approximate surface area is 93.9 Å². The summed E-state index contributed by atoms with van der Waals surface area (Å²) in [4.78, 5) is 11.4. The second-order valence-corrected chi connectivity index (χ2v) is 3.53. The van der Waals surface area contributed by atoms with Crippen molar-refractivity contribution in [2.75, 3.05) is 7.11 Å². The number of esters is 1. The van der Waals surface area contributed by atoms with Crippen molar-refractivity contribution in [3.8, 4) is 0 Å². The lowest BCUT2D eigenvalue weighted by atomic mass is 9.93. The maximum absolute atomic E-state index is 12.7. The molecule has 2 atom stereocenters. The first-order valence-electron chi connectivity index (χ1n) is 5.11. The van der Waals surface area contributed by atoms with Gasteiger partial charge in [0.25, 0.3) is 0 Å². The van der Waals surface area contributed by atoms with Gasteiger partial charge in [-0.25, -0.2) is 4.39 Å². The smallest absolute Gasteiger partial charge is 0.311 e. The van der Waals surface area contributed by atoms with Crippen molar-refractivity contribution in [1.82, 2.24) is 0 Å². The summed E-state index contributed by atoms with van der Waals surface area (Å²) in [5, 5.41) is 9.95. The Morgan fingerprint density at radius 2 is 2.00 bits per heavy atom. The first-order valence-corrected chi connectivity index (χ1v) is 5.11. The van der Waals surface area contributed by atoms with Crippen LogP contribution in [0.5, 0.6) is 0 Å². The molecule has 0 aliphatic carbocycles. The van der Waals surface area contributed by atoms with Crippen LogP contribution in [0.3, 0.4) is 0 Å². The van der Waals surface area contributed by atoms with E-state index in [2.05, 4.69) is 4.74 Å². The molecule has 0 amide bonds. The van der Waals surface area contributed by atoms with E-state index in [1.165, 1.54) is 31.4 Å². The van der Waals surface area contributed by atoms with Crippen molar-refractivity contribution in [2.24, 2.45) is 5.92 Å². The molecule has 0 saturated heterocycles. The first kappa shape index (κ1) is 12.6.